The van der Waals surface area contributed by atoms with Gasteiger partial charge in [-0.05, 0) is 79.2 Å². The molecule has 21 heavy (non-hydrogen) atoms. The Bertz CT molecular complexity index is 555. The van der Waals surface area contributed by atoms with E-state index in [-0.39, 0.29) is 0 Å². The Morgan fingerprint density at radius 3 is 2.29 bits per heavy atom. The molecule has 4 aliphatic rings. The first-order chi connectivity index (χ1) is 9.73. The highest BCUT2D eigenvalue weighted by Crippen LogP contribution is 2.73. The second-order valence-corrected chi connectivity index (χ2v) is 11.6. The SMILES string of the molecule is Cc1cc(C(Br)C23CC4CC(C)(CC(C)(C4)C2)C3)sc1Cl. The van der Waals surface area contributed by atoms with Crippen LogP contribution < -0.4 is 0 Å². The van der Waals surface area contributed by atoms with Gasteiger partial charge in [0, 0.05) is 4.88 Å². The number of hydrogen-bond donors (Lipinski definition) is 0. The molecule has 5 rings (SSSR count). The van der Waals surface area contributed by atoms with Crippen LogP contribution in [0.3, 0.4) is 0 Å². The highest BCUT2D eigenvalue weighted by Gasteiger charge is 2.62. The van der Waals surface area contributed by atoms with Gasteiger partial charge < -0.3 is 0 Å². The fourth-order valence-corrected chi connectivity index (χ4v) is 8.99. The predicted octanol–water partition coefficient (Wildman–Crippen LogP) is 7.14. The molecule has 0 radical (unpaired) electrons. The molecular formula is C18H24BrClS. The maximum Gasteiger partial charge on any atom is 0.0960 e. The molecular weight excluding hydrogens is 364 g/mol. The summed E-state index contributed by atoms with van der Waals surface area (Å²) in [5.74, 6) is 0.952. The summed E-state index contributed by atoms with van der Waals surface area (Å²) < 4.78 is 0.969. The number of thiophene rings is 1. The maximum absolute atomic E-state index is 6.33. The minimum atomic E-state index is 0.462. The van der Waals surface area contributed by atoms with Crippen molar-refractivity contribution in [3.63, 3.8) is 0 Å². The van der Waals surface area contributed by atoms with E-state index in [0.717, 1.165) is 10.3 Å². The zero-order valence-corrected chi connectivity index (χ0v) is 16.3. The summed E-state index contributed by atoms with van der Waals surface area (Å²) in [4.78, 5) is 1.94. The van der Waals surface area contributed by atoms with Gasteiger partial charge in [0.15, 0.2) is 0 Å². The largest absolute Gasteiger partial charge is 0.127 e. The lowest BCUT2D eigenvalue weighted by Gasteiger charge is -2.66. The van der Waals surface area contributed by atoms with Gasteiger partial charge in [-0.3, -0.25) is 0 Å². The van der Waals surface area contributed by atoms with E-state index in [1.54, 1.807) is 11.3 Å². The van der Waals surface area contributed by atoms with Crippen LogP contribution in [0.1, 0.15) is 67.6 Å². The molecule has 0 aromatic carbocycles. The van der Waals surface area contributed by atoms with Crippen molar-refractivity contribution < 1.29 is 0 Å². The molecule has 1 aromatic rings. The Balaban J connectivity index is 1.73. The van der Waals surface area contributed by atoms with Gasteiger partial charge in [0.2, 0.25) is 0 Å². The number of aryl methyl sites for hydroxylation is 1. The Morgan fingerprint density at radius 1 is 1.19 bits per heavy atom. The van der Waals surface area contributed by atoms with Gasteiger partial charge in [0.1, 0.15) is 0 Å². The lowest BCUT2D eigenvalue weighted by molar-refractivity contribution is -0.144. The summed E-state index contributed by atoms with van der Waals surface area (Å²) >= 11 is 12.2. The predicted molar refractivity (Wildman–Crippen MR) is 95.6 cm³/mol. The average molecular weight is 388 g/mol. The zero-order chi connectivity index (χ0) is 15.0. The standard InChI is InChI=1S/C18H24BrClS/c1-11-4-13(21-15(11)20)14(19)18-7-12-5-16(2,9-18)8-17(3,6-12)10-18/h4,12,14H,5-10H2,1-3H3. The third-order valence-electron chi connectivity index (χ3n) is 6.33. The summed E-state index contributed by atoms with van der Waals surface area (Å²) in [7, 11) is 0. The van der Waals surface area contributed by atoms with Crippen molar-refractivity contribution >= 4 is 38.9 Å². The van der Waals surface area contributed by atoms with Crippen molar-refractivity contribution in [3.05, 3.63) is 20.8 Å². The van der Waals surface area contributed by atoms with Gasteiger partial charge in [-0.1, -0.05) is 41.4 Å². The summed E-state index contributed by atoms with van der Waals surface area (Å²) in [6.45, 7) is 7.23. The van der Waals surface area contributed by atoms with Gasteiger partial charge in [-0.15, -0.1) is 11.3 Å². The molecule has 4 aliphatic carbocycles. The Kier molecular flexibility index (Phi) is 3.23. The van der Waals surface area contributed by atoms with Gasteiger partial charge >= 0.3 is 0 Å². The molecule has 4 fully saturated rings. The van der Waals surface area contributed by atoms with E-state index in [1.807, 2.05) is 0 Å². The molecule has 0 N–H and O–H groups in total. The quantitative estimate of drug-likeness (QED) is 0.473. The summed E-state index contributed by atoms with van der Waals surface area (Å²) in [6, 6.07) is 2.32. The molecule has 0 aliphatic heterocycles. The second-order valence-electron chi connectivity index (χ2n) is 8.96. The maximum atomic E-state index is 6.33. The number of halogens is 2. The summed E-state index contributed by atoms with van der Waals surface area (Å²) in [6.07, 6.45) is 8.60. The van der Waals surface area contributed by atoms with E-state index in [4.69, 9.17) is 11.6 Å². The van der Waals surface area contributed by atoms with Crippen molar-refractivity contribution in [2.75, 3.05) is 0 Å². The first kappa shape index (κ1) is 15.0. The van der Waals surface area contributed by atoms with E-state index < -0.39 is 0 Å². The normalized spacial score (nSPS) is 46.0. The average Bonchev–Trinajstić information content (AvgIpc) is 2.64. The van der Waals surface area contributed by atoms with Crippen LogP contribution in [0.2, 0.25) is 4.34 Å². The highest BCUT2D eigenvalue weighted by atomic mass is 79.9. The molecule has 0 nitrogen and oxygen atoms in total. The number of alkyl halides is 1. The first-order valence-electron chi connectivity index (χ1n) is 8.13. The van der Waals surface area contributed by atoms with Crippen LogP contribution in [0.25, 0.3) is 0 Å². The fourth-order valence-electron chi connectivity index (χ4n) is 6.73. The van der Waals surface area contributed by atoms with Crippen LogP contribution in [0.15, 0.2) is 6.07 Å². The first-order valence-corrected chi connectivity index (χ1v) is 10.2. The zero-order valence-electron chi connectivity index (χ0n) is 13.1. The van der Waals surface area contributed by atoms with Crippen LogP contribution in [0.4, 0.5) is 0 Å². The molecule has 3 atom stereocenters. The molecule has 1 heterocycles. The topological polar surface area (TPSA) is 0 Å². The van der Waals surface area contributed by atoms with E-state index in [2.05, 4.69) is 42.8 Å². The van der Waals surface area contributed by atoms with Crippen LogP contribution in [0, 0.1) is 29.1 Å². The third kappa shape index (κ3) is 2.27. The van der Waals surface area contributed by atoms with Crippen molar-refractivity contribution in [1.29, 1.82) is 0 Å². The molecule has 1 aromatic heterocycles. The lowest BCUT2D eigenvalue weighted by atomic mass is 9.40. The van der Waals surface area contributed by atoms with Crippen molar-refractivity contribution in [2.45, 2.75) is 64.1 Å². The van der Waals surface area contributed by atoms with Gasteiger partial charge in [-0.25, -0.2) is 0 Å². The van der Waals surface area contributed by atoms with Crippen molar-refractivity contribution in [3.8, 4) is 0 Å². The Morgan fingerprint density at radius 2 is 1.81 bits per heavy atom. The summed E-state index contributed by atoms with van der Waals surface area (Å²) in [5, 5.41) is 0. The van der Waals surface area contributed by atoms with Crippen molar-refractivity contribution in [1.82, 2.24) is 0 Å². The molecule has 0 spiro atoms. The Hall–Kier alpha value is 0.470. The fraction of sp³-hybridized carbons (Fsp3) is 0.778. The van der Waals surface area contributed by atoms with E-state index >= 15 is 0 Å². The van der Waals surface area contributed by atoms with E-state index in [9.17, 15) is 0 Å². The summed E-state index contributed by atoms with van der Waals surface area (Å²) in [5.41, 5.74) is 2.86. The van der Waals surface area contributed by atoms with Crippen LogP contribution in [0.5, 0.6) is 0 Å². The number of rotatable bonds is 2. The minimum absolute atomic E-state index is 0.462. The monoisotopic (exact) mass is 386 g/mol. The highest BCUT2D eigenvalue weighted by molar-refractivity contribution is 9.09. The molecule has 0 amide bonds. The minimum Gasteiger partial charge on any atom is -0.127 e. The lowest BCUT2D eigenvalue weighted by Crippen LogP contribution is -2.56. The molecule has 0 saturated heterocycles. The Labute approximate surface area is 145 Å². The smallest absolute Gasteiger partial charge is 0.0960 e. The van der Waals surface area contributed by atoms with Gasteiger partial charge in [0.05, 0.1) is 9.16 Å². The second kappa shape index (κ2) is 4.51. The molecule has 4 bridgehead atoms. The van der Waals surface area contributed by atoms with E-state index in [0.29, 0.717) is 21.1 Å². The van der Waals surface area contributed by atoms with Crippen LogP contribution >= 0.6 is 38.9 Å². The molecule has 3 unspecified atom stereocenters. The van der Waals surface area contributed by atoms with E-state index in [1.165, 1.54) is 49.0 Å². The van der Waals surface area contributed by atoms with Crippen LogP contribution in [-0.4, -0.2) is 0 Å². The third-order valence-corrected chi connectivity index (χ3v) is 9.72. The van der Waals surface area contributed by atoms with Crippen molar-refractivity contribution in [2.24, 2.45) is 22.2 Å². The molecule has 3 heteroatoms. The molecule has 116 valence electrons. The molecule has 4 saturated carbocycles. The number of hydrogen-bond acceptors (Lipinski definition) is 1. The van der Waals surface area contributed by atoms with Crippen LogP contribution in [-0.2, 0) is 0 Å². The van der Waals surface area contributed by atoms with Gasteiger partial charge in [-0.2, -0.15) is 0 Å². The van der Waals surface area contributed by atoms with Gasteiger partial charge in [0.25, 0.3) is 0 Å².